The highest BCUT2D eigenvalue weighted by Gasteiger charge is 2.00. The third kappa shape index (κ3) is 1.60. The van der Waals surface area contributed by atoms with Crippen LogP contribution in [0.3, 0.4) is 0 Å². The van der Waals surface area contributed by atoms with Gasteiger partial charge in [-0.05, 0) is 19.2 Å². The number of aromatic amines is 1. The average Bonchev–Trinajstić information content (AvgIpc) is 2.70. The molecule has 0 spiro atoms. The summed E-state index contributed by atoms with van der Waals surface area (Å²) in [4.78, 5) is 3.38. The predicted molar refractivity (Wildman–Crippen MR) is 68.0 cm³/mol. The molecule has 3 aromatic rings. The largest absolute Gasteiger partial charge is 0.355 e. The lowest BCUT2D eigenvalue weighted by Gasteiger charge is -1.87. The van der Waals surface area contributed by atoms with Crippen molar-refractivity contribution < 1.29 is 1.43 Å². The molecule has 0 saturated heterocycles. The highest BCUT2D eigenvalue weighted by molar-refractivity contribution is 6.06. The normalized spacial score (nSPS) is 10.0. The number of hydrogen-bond donors (Lipinski definition) is 2. The highest BCUT2D eigenvalue weighted by Crippen LogP contribution is 2.24. The Morgan fingerprint density at radius 1 is 0.800 bits per heavy atom. The molecular formula is C13H16N2. The van der Waals surface area contributed by atoms with E-state index in [4.69, 9.17) is 0 Å². The van der Waals surface area contributed by atoms with Crippen molar-refractivity contribution >= 4 is 21.8 Å². The van der Waals surface area contributed by atoms with Crippen molar-refractivity contribution in [1.29, 1.82) is 0 Å². The molecule has 0 fully saturated rings. The summed E-state index contributed by atoms with van der Waals surface area (Å²) in [5.41, 5.74) is 6.92. The number of hydrogen-bond acceptors (Lipinski definition) is 1. The van der Waals surface area contributed by atoms with Crippen molar-refractivity contribution in [3.05, 3.63) is 48.5 Å². The molecule has 0 aliphatic rings. The second kappa shape index (κ2) is 4.15. The standard InChI is InChI=1S/C12H9N.CH5N.H2/c1-3-7-11-9(5-1)10-6-2-4-8-12(10)13-11;1-2;/h1-8,13H;2H2,1H3;1H. The monoisotopic (exact) mass is 200 g/mol. The molecule has 1 heterocycles. The maximum atomic E-state index is 4.50. The first-order valence-corrected chi connectivity index (χ1v) is 4.98. The van der Waals surface area contributed by atoms with Crippen LogP contribution in [0.4, 0.5) is 0 Å². The number of benzene rings is 2. The Labute approximate surface area is 90.2 Å². The molecule has 3 rings (SSSR count). The number of nitrogens with two attached hydrogens (primary N) is 1. The molecule has 0 radical (unpaired) electrons. The second-order valence-electron chi connectivity index (χ2n) is 3.22. The Bertz CT molecular complexity index is 522. The smallest absolute Gasteiger partial charge is 0.0464 e. The van der Waals surface area contributed by atoms with Crippen molar-refractivity contribution in [3.8, 4) is 0 Å². The van der Waals surface area contributed by atoms with Crippen LogP contribution in [0.25, 0.3) is 21.8 Å². The van der Waals surface area contributed by atoms with Crippen molar-refractivity contribution in [1.82, 2.24) is 4.98 Å². The van der Waals surface area contributed by atoms with Crippen LogP contribution in [-0.2, 0) is 0 Å². The lowest BCUT2D eigenvalue weighted by atomic mass is 10.2. The zero-order valence-electron chi connectivity index (χ0n) is 8.70. The summed E-state index contributed by atoms with van der Waals surface area (Å²) in [6, 6.07) is 16.8. The van der Waals surface area contributed by atoms with E-state index in [-0.39, 0.29) is 1.43 Å². The van der Waals surface area contributed by atoms with Crippen molar-refractivity contribution in [2.45, 2.75) is 0 Å². The van der Waals surface area contributed by atoms with Gasteiger partial charge in [-0.3, -0.25) is 0 Å². The van der Waals surface area contributed by atoms with Gasteiger partial charge in [0.15, 0.2) is 0 Å². The van der Waals surface area contributed by atoms with Gasteiger partial charge in [0.25, 0.3) is 0 Å². The summed E-state index contributed by atoms with van der Waals surface area (Å²) in [6.45, 7) is 0. The van der Waals surface area contributed by atoms with Gasteiger partial charge in [0, 0.05) is 23.2 Å². The van der Waals surface area contributed by atoms with E-state index in [0.717, 1.165) is 0 Å². The van der Waals surface area contributed by atoms with E-state index in [1.54, 1.807) is 0 Å². The van der Waals surface area contributed by atoms with Crippen LogP contribution in [0.1, 0.15) is 1.43 Å². The van der Waals surface area contributed by atoms with Crippen molar-refractivity contribution in [2.24, 2.45) is 5.73 Å². The number of nitrogens with one attached hydrogen (secondary N) is 1. The molecule has 2 heteroatoms. The van der Waals surface area contributed by atoms with Crippen LogP contribution in [0.2, 0.25) is 0 Å². The van der Waals surface area contributed by atoms with Crippen molar-refractivity contribution in [3.63, 3.8) is 0 Å². The second-order valence-corrected chi connectivity index (χ2v) is 3.22. The third-order valence-corrected chi connectivity index (χ3v) is 2.41. The number of para-hydroxylation sites is 2. The molecule has 78 valence electrons. The minimum absolute atomic E-state index is 0. The summed E-state index contributed by atoms with van der Waals surface area (Å²) in [7, 11) is 1.50. The topological polar surface area (TPSA) is 41.8 Å². The Hall–Kier alpha value is -1.80. The number of rotatable bonds is 0. The molecule has 0 amide bonds. The molecule has 0 saturated carbocycles. The molecule has 0 aliphatic heterocycles. The Morgan fingerprint density at radius 3 is 1.67 bits per heavy atom. The van der Waals surface area contributed by atoms with Crippen LogP contribution in [0, 0.1) is 0 Å². The maximum absolute atomic E-state index is 4.50. The molecule has 0 unspecified atom stereocenters. The minimum Gasteiger partial charge on any atom is -0.355 e. The number of aromatic nitrogens is 1. The summed E-state index contributed by atoms with van der Waals surface area (Å²) >= 11 is 0. The first-order chi connectivity index (χ1) is 7.45. The summed E-state index contributed by atoms with van der Waals surface area (Å²) in [5, 5.41) is 2.61. The first kappa shape index (κ1) is 9.74. The Morgan fingerprint density at radius 2 is 1.20 bits per heavy atom. The average molecular weight is 200 g/mol. The fourth-order valence-electron chi connectivity index (χ4n) is 1.80. The molecule has 2 aromatic carbocycles. The molecule has 1 aromatic heterocycles. The van der Waals surface area contributed by atoms with Gasteiger partial charge < -0.3 is 10.7 Å². The highest BCUT2D eigenvalue weighted by atomic mass is 14.7. The molecule has 15 heavy (non-hydrogen) atoms. The summed E-state index contributed by atoms with van der Waals surface area (Å²) in [5.74, 6) is 0. The van der Waals surface area contributed by atoms with Crippen LogP contribution >= 0.6 is 0 Å². The molecule has 0 aliphatic carbocycles. The Kier molecular flexibility index (Phi) is 2.70. The maximum Gasteiger partial charge on any atom is 0.0464 e. The van der Waals surface area contributed by atoms with E-state index in [9.17, 15) is 0 Å². The van der Waals surface area contributed by atoms with Crippen LogP contribution in [0.15, 0.2) is 48.5 Å². The zero-order chi connectivity index (χ0) is 10.7. The lowest BCUT2D eigenvalue weighted by Crippen LogP contribution is -1.69. The fourth-order valence-corrected chi connectivity index (χ4v) is 1.80. The van der Waals surface area contributed by atoms with E-state index in [1.165, 1.54) is 28.9 Å². The SMILES string of the molecule is CN.[HH].c1ccc2c(c1)[nH]c1ccccc12. The number of fused-ring (bicyclic) bond motifs is 3. The van der Waals surface area contributed by atoms with Gasteiger partial charge in [-0.1, -0.05) is 36.4 Å². The van der Waals surface area contributed by atoms with Gasteiger partial charge >= 0.3 is 0 Å². The molecule has 0 bridgehead atoms. The van der Waals surface area contributed by atoms with Gasteiger partial charge in [0.1, 0.15) is 0 Å². The van der Waals surface area contributed by atoms with E-state index >= 15 is 0 Å². The number of H-pyrrole nitrogens is 1. The summed E-state index contributed by atoms with van der Waals surface area (Å²) in [6.07, 6.45) is 0. The third-order valence-electron chi connectivity index (χ3n) is 2.41. The zero-order valence-corrected chi connectivity index (χ0v) is 8.70. The van der Waals surface area contributed by atoms with E-state index in [1.807, 2.05) is 0 Å². The Balaban J connectivity index is 0.000000406. The van der Waals surface area contributed by atoms with Gasteiger partial charge in [0.05, 0.1) is 0 Å². The van der Waals surface area contributed by atoms with Gasteiger partial charge in [-0.25, -0.2) is 0 Å². The quantitative estimate of drug-likeness (QED) is 0.575. The van der Waals surface area contributed by atoms with Crippen molar-refractivity contribution in [2.75, 3.05) is 7.05 Å². The molecule has 0 atom stereocenters. The van der Waals surface area contributed by atoms with E-state index in [0.29, 0.717) is 0 Å². The molecule has 3 N–H and O–H groups in total. The van der Waals surface area contributed by atoms with Gasteiger partial charge in [0.2, 0.25) is 0 Å². The summed E-state index contributed by atoms with van der Waals surface area (Å²) < 4.78 is 0. The lowest BCUT2D eigenvalue weighted by molar-refractivity contribution is 1.48. The van der Waals surface area contributed by atoms with Crippen LogP contribution in [0.5, 0.6) is 0 Å². The van der Waals surface area contributed by atoms with Crippen LogP contribution < -0.4 is 5.73 Å². The van der Waals surface area contributed by atoms with E-state index < -0.39 is 0 Å². The van der Waals surface area contributed by atoms with Crippen LogP contribution in [-0.4, -0.2) is 12.0 Å². The van der Waals surface area contributed by atoms with Gasteiger partial charge in [-0.15, -0.1) is 0 Å². The molecular weight excluding hydrogens is 184 g/mol. The van der Waals surface area contributed by atoms with E-state index in [2.05, 4.69) is 59.2 Å². The molecule has 2 nitrogen and oxygen atoms in total. The predicted octanol–water partition coefficient (Wildman–Crippen LogP) is 3.14. The first-order valence-electron chi connectivity index (χ1n) is 4.98. The fraction of sp³-hybridized carbons (Fsp3) is 0.0769. The minimum atomic E-state index is 0. The van der Waals surface area contributed by atoms with Gasteiger partial charge in [-0.2, -0.15) is 0 Å².